The highest BCUT2D eigenvalue weighted by molar-refractivity contribution is 5.91. The maximum atomic E-state index is 11.9. The van der Waals surface area contributed by atoms with Gasteiger partial charge >= 0.3 is 0 Å². The Morgan fingerprint density at radius 2 is 1.90 bits per heavy atom. The maximum absolute atomic E-state index is 11.9. The Kier molecular flexibility index (Phi) is 5.87. The highest BCUT2D eigenvalue weighted by Gasteiger charge is 2.20. The van der Waals surface area contributed by atoms with Crippen molar-refractivity contribution < 1.29 is 14.3 Å². The molecule has 0 saturated heterocycles. The van der Waals surface area contributed by atoms with Crippen LogP contribution in [0.1, 0.15) is 33.1 Å². The van der Waals surface area contributed by atoms with Gasteiger partial charge in [-0.3, -0.25) is 4.79 Å². The van der Waals surface area contributed by atoms with Gasteiger partial charge < -0.3 is 20.1 Å². The van der Waals surface area contributed by atoms with E-state index in [0.29, 0.717) is 37.2 Å². The molecule has 0 atom stereocenters. The average Bonchev–Trinajstić information content (AvgIpc) is 3.26. The van der Waals surface area contributed by atoms with E-state index in [0.717, 1.165) is 12.2 Å². The molecule has 116 valence electrons. The van der Waals surface area contributed by atoms with Crippen LogP contribution in [0.4, 0.5) is 5.69 Å². The summed E-state index contributed by atoms with van der Waals surface area (Å²) in [7, 11) is 0. The van der Waals surface area contributed by atoms with Crippen molar-refractivity contribution in [2.24, 2.45) is 0 Å². The molecular weight excluding hydrogens is 268 g/mol. The van der Waals surface area contributed by atoms with Crippen molar-refractivity contribution in [3.63, 3.8) is 0 Å². The molecule has 1 aliphatic carbocycles. The zero-order valence-corrected chi connectivity index (χ0v) is 12.8. The Bertz CT molecular complexity index is 473. The molecule has 0 aromatic heterocycles. The highest BCUT2D eigenvalue weighted by atomic mass is 16.5. The number of ether oxygens (including phenoxy) is 2. The topological polar surface area (TPSA) is 59.6 Å². The summed E-state index contributed by atoms with van der Waals surface area (Å²) in [4.78, 5) is 11.9. The van der Waals surface area contributed by atoms with E-state index in [2.05, 4.69) is 10.6 Å². The summed E-state index contributed by atoms with van der Waals surface area (Å²) >= 11 is 0. The number of benzene rings is 1. The molecule has 2 rings (SSSR count). The van der Waals surface area contributed by atoms with Crippen molar-refractivity contribution in [3.05, 3.63) is 18.2 Å². The smallest absolute Gasteiger partial charge is 0.225 e. The lowest BCUT2D eigenvalue weighted by Gasteiger charge is -2.13. The Hall–Kier alpha value is -1.75. The fraction of sp³-hybridized carbons (Fsp3) is 0.562. The van der Waals surface area contributed by atoms with Crippen LogP contribution >= 0.6 is 0 Å². The molecule has 0 bridgehead atoms. The molecule has 5 nitrogen and oxygen atoms in total. The number of nitrogens with one attached hydrogen (secondary N) is 2. The lowest BCUT2D eigenvalue weighted by molar-refractivity contribution is -0.116. The van der Waals surface area contributed by atoms with E-state index in [4.69, 9.17) is 9.47 Å². The van der Waals surface area contributed by atoms with Crippen molar-refractivity contribution in [3.8, 4) is 11.5 Å². The molecule has 1 aromatic rings. The van der Waals surface area contributed by atoms with Gasteiger partial charge in [-0.2, -0.15) is 0 Å². The standard InChI is InChI=1S/C16H24N2O3/c1-3-20-14-8-7-13(11-15(14)21-4-2)18-16(19)9-10-17-12-5-6-12/h7-8,11-12,17H,3-6,9-10H2,1-2H3,(H,18,19). The fourth-order valence-electron chi connectivity index (χ4n) is 2.03. The molecule has 2 N–H and O–H groups in total. The van der Waals surface area contributed by atoms with Crippen LogP contribution in [0.25, 0.3) is 0 Å². The molecule has 21 heavy (non-hydrogen) atoms. The number of anilines is 1. The van der Waals surface area contributed by atoms with Crippen LogP contribution in [0.15, 0.2) is 18.2 Å². The second kappa shape index (κ2) is 7.88. The molecule has 0 unspecified atom stereocenters. The lowest BCUT2D eigenvalue weighted by atomic mass is 10.2. The third-order valence-electron chi connectivity index (χ3n) is 3.19. The fourth-order valence-corrected chi connectivity index (χ4v) is 2.03. The summed E-state index contributed by atoms with van der Waals surface area (Å²) in [6.45, 7) is 5.72. The monoisotopic (exact) mass is 292 g/mol. The quantitative estimate of drug-likeness (QED) is 0.734. The number of hydrogen-bond donors (Lipinski definition) is 2. The van der Waals surface area contributed by atoms with Crippen LogP contribution in [0.5, 0.6) is 11.5 Å². The van der Waals surface area contributed by atoms with Gasteiger partial charge in [-0.25, -0.2) is 0 Å². The Morgan fingerprint density at radius 1 is 1.19 bits per heavy atom. The van der Waals surface area contributed by atoms with Crippen LogP contribution in [0.3, 0.4) is 0 Å². The molecule has 1 aromatic carbocycles. The largest absolute Gasteiger partial charge is 0.490 e. The Balaban J connectivity index is 1.88. The van der Waals surface area contributed by atoms with Gasteiger partial charge in [0.25, 0.3) is 0 Å². The number of rotatable bonds is 9. The molecule has 1 fully saturated rings. The van der Waals surface area contributed by atoms with Gasteiger partial charge in [0.15, 0.2) is 11.5 Å². The van der Waals surface area contributed by atoms with E-state index < -0.39 is 0 Å². The summed E-state index contributed by atoms with van der Waals surface area (Å²) in [6, 6.07) is 6.10. The van der Waals surface area contributed by atoms with Crippen molar-refractivity contribution >= 4 is 11.6 Å². The zero-order chi connectivity index (χ0) is 15.1. The van der Waals surface area contributed by atoms with E-state index in [1.54, 1.807) is 6.07 Å². The number of amides is 1. The average molecular weight is 292 g/mol. The minimum absolute atomic E-state index is 0.00904. The van der Waals surface area contributed by atoms with Gasteiger partial charge in [-0.1, -0.05) is 0 Å². The summed E-state index contributed by atoms with van der Waals surface area (Å²) in [6.07, 6.45) is 2.95. The summed E-state index contributed by atoms with van der Waals surface area (Å²) in [5, 5.41) is 6.21. The number of carbonyl (C=O) groups excluding carboxylic acids is 1. The van der Waals surface area contributed by atoms with Crippen molar-refractivity contribution in [2.75, 3.05) is 25.1 Å². The summed E-state index contributed by atoms with van der Waals surface area (Å²) < 4.78 is 11.0. The van der Waals surface area contributed by atoms with Gasteiger partial charge in [0.1, 0.15) is 0 Å². The number of carbonyl (C=O) groups is 1. The Morgan fingerprint density at radius 3 is 2.57 bits per heavy atom. The second-order valence-electron chi connectivity index (χ2n) is 5.05. The first kappa shape index (κ1) is 15.6. The number of hydrogen-bond acceptors (Lipinski definition) is 4. The van der Waals surface area contributed by atoms with Crippen molar-refractivity contribution in [1.82, 2.24) is 5.32 Å². The van der Waals surface area contributed by atoms with Gasteiger partial charge in [-0.05, 0) is 38.8 Å². The van der Waals surface area contributed by atoms with Gasteiger partial charge in [0, 0.05) is 30.8 Å². The zero-order valence-electron chi connectivity index (χ0n) is 12.8. The molecule has 0 spiro atoms. The predicted octanol–water partition coefficient (Wildman–Crippen LogP) is 2.56. The first-order valence-electron chi connectivity index (χ1n) is 7.65. The summed E-state index contributed by atoms with van der Waals surface area (Å²) in [5.41, 5.74) is 0.735. The predicted molar refractivity (Wildman–Crippen MR) is 83.1 cm³/mol. The molecule has 0 radical (unpaired) electrons. The normalized spacial score (nSPS) is 13.8. The first-order valence-corrected chi connectivity index (χ1v) is 7.65. The lowest BCUT2D eigenvalue weighted by Crippen LogP contribution is -2.23. The molecule has 0 aliphatic heterocycles. The second-order valence-corrected chi connectivity index (χ2v) is 5.05. The van der Waals surface area contributed by atoms with Crippen LogP contribution in [0, 0.1) is 0 Å². The van der Waals surface area contributed by atoms with Gasteiger partial charge in [0.2, 0.25) is 5.91 Å². The van der Waals surface area contributed by atoms with Crippen LogP contribution < -0.4 is 20.1 Å². The van der Waals surface area contributed by atoms with Crippen molar-refractivity contribution in [1.29, 1.82) is 0 Å². The minimum Gasteiger partial charge on any atom is -0.490 e. The molecule has 1 saturated carbocycles. The molecule has 1 amide bonds. The van der Waals surface area contributed by atoms with Crippen LogP contribution in [0.2, 0.25) is 0 Å². The molecule has 5 heteroatoms. The SMILES string of the molecule is CCOc1ccc(NC(=O)CCNC2CC2)cc1OCC. The molecule has 1 aliphatic rings. The van der Waals surface area contributed by atoms with E-state index in [1.165, 1.54) is 12.8 Å². The summed E-state index contributed by atoms with van der Waals surface area (Å²) in [5.74, 6) is 1.37. The first-order chi connectivity index (χ1) is 10.2. The van der Waals surface area contributed by atoms with E-state index in [1.807, 2.05) is 26.0 Å². The highest BCUT2D eigenvalue weighted by Crippen LogP contribution is 2.30. The maximum Gasteiger partial charge on any atom is 0.225 e. The van der Waals surface area contributed by atoms with Crippen LogP contribution in [-0.4, -0.2) is 31.7 Å². The van der Waals surface area contributed by atoms with Gasteiger partial charge in [0.05, 0.1) is 13.2 Å². The van der Waals surface area contributed by atoms with E-state index in [-0.39, 0.29) is 5.91 Å². The third kappa shape index (κ3) is 5.27. The van der Waals surface area contributed by atoms with Gasteiger partial charge in [-0.15, -0.1) is 0 Å². The van der Waals surface area contributed by atoms with E-state index >= 15 is 0 Å². The third-order valence-corrected chi connectivity index (χ3v) is 3.19. The molecule has 0 heterocycles. The Labute approximate surface area is 126 Å². The van der Waals surface area contributed by atoms with Crippen LogP contribution in [-0.2, 0) is 4.79 Å². The minimum atomic E-state index is 0.00904. The molecular formula is C16H24N2O3. The van der Waals surface area contributed by atoms with Crippen molar-refractivity contribution in [2.45, 2.75) is 39.2 Å². The van der Waals surface area contributed by atoms with E-state index in [9.17, 15) is 4.79 Å².